The third-order valence-corrected chi connectivity index (χ3v) is 11.8. The van der Waals surface area contributed by atoms with Crippen molar-refractivity contribution in [3.05, 3.63) is 146 Å². The van der Waals surface area contributed by atoms with E-state index in [4.69, 9.17) is 9.47 Å². The Morgan fingerprint density at radius 1 is 0.588 bits per heavy atom. The maximum absolute atomic E-state index is 14.7. The molecule has 4 aromatic carbocycles. The topological polar surface area (TPSA) is 155 Å². The second kappa shape index (κ2) is 14.5. The lowest BCUT2D eigenvalue weighted by Crippen LogP contribution is -2.41. The van der Waals surface area contributed by atoms with Crippen LogP contribution in [0.3, 0.4) is 0 Å². The smallest absolute Gasteiger partial charge is 0.328 e. The summed E-state index contributed by atoms with van der Waals surface area (Å²) in [5.74, 6) is -4.20. The number of amides is 2. The molecule has 2 N–H and O–H groups in total. The highest BCUT2D eigenvalue weighted by atomic mass is 31.1. The first-order valence-corrected chi connectivity index (χ1v) is 17.6. The zero-order chi connectivity index (χ0) is 36.4. The molecule has 0 fully saturated rings. The van der Waals surface area contributed by atoms with Crippen LogP contribution in [0.25, 0.3) is 10.8 Å². The van der Waals surface area contributed by atoms with E-state index in [9.17, 15) is 28.8 Å². The van der Waals surface area contributed by atoms with Crippen LogP contribution < -0.4 is 27.1 Å². The zero-order valence-corrected chi connectivity index (χ0v) is 29.1. The molecule has 1 aliphatic heterocycles. The van der Waals surface area contributed by atoms with Crippen molar-refractivity contribution in [2.45, 2.75) is 37.5 Å². The monoisotopic (exact) mass is 706 g/mol. The molecule has 0 spiro atoms. The Bertz CT molecular complexity index is 2150. The van der Waals surface area contributed by atoms with Crippen molar-refractivity contribution < 1.29 is 28.7 Å². The van der Waals surface area contributed by atoms with Crippen LogP contribution >= 0.6 is 7.92 Å². The molecular weight excluding hydrogens is 671 g/mol. The zero-order valence-electron chi connectivity index (χ0n) is 28.2. The normalized spacial score (nSPS) is 17.5. The van der Waals surface area contributed by atoms with Gasteiger partial charge in [0, 0.05) is 11.1 Å². The second-order valence-electron chi connectivity index (χ2n) is 11.9. The van der Waals surface area contributed by atoms with Crippen molar-refractivity contribution in [2.75, 3.05) is 14.2 Å². The maximum Gasteiger partial charge on any atom is 0.328 e. The molecule has 0 saturated carbocycles. The van der Waals surface area contributed by atoms with Gasteiger partial charge in [0.25, 0.3) is 22.9 Å². The summed E-state index contributed by atoms with van der Waals surface area (Å²) < 4.78 is 12.5. The molecular formula is C38H35N4O8P. The number of esters is 2. The van der Waals surface area contributed by atoms with E-state index in [1.165, 1.54) is 37.4 Å². The lowest BCUT2D eigenvalue weighted by Gasteiger charge is -2.27. The SMILES string of the molecule is COC(=O)C(C)NC(=O)c1ccccc1[C@@H]1n2c(=O)c3ccccc3c(=O)n2[C@@H](c2ccccc2C(=O)N[C@H](C)C(=O)OC)P1c1ccccc1. The van der Waals surface area contributed by atoms with Crippen LogP contribution in [0.15, 0.2) is 113 Å². The highest BCUT2D eigenvalue weighted by Gasteiger charge is 2.47. The van der Waals surface area contributed by atoms with Gasteiger partial charge in [-0.15, -0.1) is 0 Å². The summed E-state index contributed by atoms with van der Waals surface area (Å²) in [5.41, 5.74) is 0.354. The van der Waals surface area contributed by atoms with Crippen molar-refractivity contribution in [3.63, 3.8) is 0 Å². The van der Waals surface area contributed by atoms with Crippen molar-refractivity contribution >= 4 is 47.8 Å². The minimum Gasteiger partial charge on any atom is -0.467 e. The first-order valence-electron chi connectivity index (χ1n) is 16.1. The molecule has 2 heterocycles. The third-order valence-electron chi connectivity index (χ3n) is 8.85. The fourth-order valence-corrected chi connectivity index (χ4v) is 9.75. The predicted molar refractivity (Wildman–Crippen MR) is 193 cm³/mol. The largest absolute Gasteiger partial charge is 0.467 e. The molecule has 13 heteroatoms. The van der Waals surface area contributed by atoms with E-state index < -0.39 is 66.4 Å². The summed E-state index contributed by atoms with van der Waals surface area (Å²) in [5, 5.41) is 6.57. The molecule has 5 aromatic rings. The van der Waals surface area contributed by atoms with Gasteiger partial charge in [-0.3, -0.25) is 19.2 Å². The molecule has 2 unspecified atom stereocenters. The van der Waals surface area contributed by atoms with Crippen LogP contribution in [0.4, 0.5) is 0 Å². The highest BCUT2D eigenvalue weighted by Crippen LogP contribution is 2.65. The second-order valence-corrected chi connectivity index (χ2v) is 14.3. The van der Waals surface area contributed by atoms with Crippen LogP contribution in [0.5, 0.6) is 0 Å². The molecule has 12 nitrogen and oxygen atoms in total. The molecule has 0 radical (unpaired) electrons. The summed E-state index contributed by atoms with van der Waals surface area (Å²) in [6.45, 7) is 3.01. The lowest BCUT2D eigenvalue weighted by molar-refractivity contribution is -0.143. The standard InChI is InChI=1S/C38H35N4O8P/c1-22(37(47)49-3)39-31(43)25-16-8-12-20-29(25)35-41-33(45)27-18-10-11-19-28(27)34(46)42(41)36(51(35)24-14-6-5-7-15-24)30-21-13-9-17-26(30)32(44)40-23(2)38(48)50-4/h5-23,35-36H,1-4H3,(H,39,43)(H,40,44)/t22-,23?,35-,36-,51?/m1/s1. The van der Waals surface area contributed by atoms with Gasteiger partial charge in [-0.25, -0.2) is 19.0 Å². The van der Waals surface area contributed by atoms with E-state index in [-0.39, 0.29) is 21.9 Å². The number of ether oxygens (including phenoxy) is 2. The molecule has 0 saturated heterocycles. The Morgan fingerprint density at radius 2 is 0.961 bits per heavy atom. The van der Waals surface area contributed by atoms with E-state index in [1.807, 2.05) is 30.3 Å². The van der Waals surface area contributed by atoms with Crippen LogP contribution in [-0.2, 0) is 19.1 Å². The number of carbonyl (C=O) groups is 4. The molecule has 6 rings (SSSR count). The Hall–Kier alpha value is -5.87. The number of fused-ring (bicyclic) bond motifs is 2. The van der Waals surface area contributed by atoms with Crippen LogP contribution in [0.2, 0.25) is 0 Å². The van der Waals surface area contributed by atoms with Crippen molar-refractivity contribution in [3.8, 4) is 0 Å². The molecule has 260 valence electrons. The minimum atomic E-state index is -1.71. The Labute approximate surface area is 293 Å². The van der Waals surface area contributed by atoms with Crippen LogP contribution in [-0.4, -0.2) is 59.4 Å². The van der Waals surface area contributed by atoms with Gasteiger partial charge in [0.2, 0.25) is 0 Å². The summed E-state index contributed by atoms with van der Waals surface area (Å²) in [4.78, 5) is 81.7. The number of nitrogens with zero attached hydrogens (tertiary/aromatic N) is 2. The van der Waals surface area contributed by atoms with Gasteiger partial charge in [-0.05, 0) is 62.5 Å². The highest BCUT2D eigenvalue weighted by molar-refractivity contribution is 7.66. The van der Waals surface area contributed by atoms with E-state index in [0.29, 0.717) is 11.1 Å². The summed E-state index contributed by atoms with van der Waals surface area (Å²) in [7, 11) is 0.740. The first-order chi connectivity index (χ1) is 24.6. The van der Waals surface area contributed by atoms with E-state index in [2.05, 4.69) is 10.6 Å². The number of rotatable bonds is 9. The molecule has 0 aliphatic carbocycles. The van der Waals surface area contributed by atoms with Gasteiger partial charge >= 0.3 is 11.9 Å². The Balaban J connectivity index is 1.66. The number of hydrogen-bond acceptors (Lipinski definition) is 8. The molecule has 0 bridgehead atoms. The molecule has 1 aromatic heterocycles. The van der Waals surface area contributed by atoms with Crippen molar-refractivity contribution in [1.29, 1.82) is 0 Å². The van der Waals surface area contributed by atoms with Crippen LogP contribution in [0, 0.1) is 0 Å². The van der Waals surface area contributed by atoms with Crippen molar-refractivity contribution in [2.24, 2.45) is 0 Å². The fourth-order valence-electron chi connectivity index (χ4n) is 6.45. The first kappa shape index (κ1) is 35.0. The van der Waals surface area contributed by atoms with E-state index in [1.54, 1.807) is 72.8 Å². The summed E-state index contributed by atoms with van der Waals surface area (Å²) >= 11 is 0. The average Bonchev–Trinajstić information content (AvgIpc) is 3.52. The minimum absolute atomic E-state index is 0.194. The third kappa shape index (κ3) is 6.34. The van der Waals surface area contributed by atoms with Gasteiger partial charge in [0.05, 0.1) is 25.0 Å². The Kier molecular flexibility index (Phi) is 9.97. The molecule has 51 heavy (non-hydrogen) atoms. The van der Waals surface area contributed by atoms with Crippen molar-refractivity contribution in [1.82, 2.24) is 20.0 Å². The number of hydrogen-bond donors (Lipinski definition) is 2. The molecule has 5 atom stereocenters. The van der Waals surface area contributed by atoms with Gasteiger partial charge < -0.3 is 20.1 Å². The lowest BCUT2D eigenvalue weighted by atomic mass is 10.1. The Morgan fingerprint density at radius 3 is 1.37 bits per heavy atom. The van der Waals surface area contributed by atoms with E-state index >= 15 is 0 Å². The van der Waals surface area contributed by atoms with Gasteiger partial charge in [0.15, 0.2) is 0 Å². The number of aromatic nitrogens is 2. The summed E-state index contributed by atoms with van der Waals surface area (Å²) in [6, 6.07) is 27.5. The average molecular weight is 707 g/mol. The van der Waals surface area contributed by atoms with Gasteiger partial charge in [-0.2, -0.15) is 0 Å². The van der Waals surface area contributed by atoms with Crippen LogP contribution in [0.1, 0.15) is 57.3 Å². The maximum atomic E-state index is 14.7. The predicted octanol–water partition coefficient (Wildman–Crippen LogP) is 3.66. The number of benzene rings is 4. The molecule has 1 aliphatic rings. The number of methoxy groups -OCH3 is 2. The molecule has 2 amide bonds. The summed E-state index contributed by atoms with van der Waals surface area (Å²) in [6.07, 6.45) is 0. The van der Waals surface area contributed by atoms with Gasteiger partial charge in [0.1, 0.15) is 23.6 Å². The van der Waals surface area contributed by atoms with Gasteiger partial charge in [-0.1, -0.05) is 78.9 Å². The fraction of sp³-hybridized carbons (Fsp3) is 0.211. The van der Waals surface area contributed by atoms with E-state index in [0.717, 1.165) is 5.30 Å². The number of nitrogens with one attached hydrogen (secondary N) is 2. The quantitative estimate of drug-likeness (QED) is 0.174. The number of carbonyl (C=O) groups excluding carboxylic acids is 4.